The molecule has 3 heterocycles. The summed E-state index contributed by atoms with van der Waals surface area (Å²) in [5, 5.41) is 36.6. The summed E-state index contributed by atoms with van der Waals surface area (Å²) in [4.78, 5) is 88.5. The zero-order valence-electron chi connectivity index (χ0n) is 41.4. The molecule has 2 aromatic heterocycles. The number of aliphatic hydroxyl groups excluding tert-OH is 3. The average Bonchev–Trinajstić information content (AvgIpc) is 3.89. The van der Waals surface area contributed by atoms with E-state index in [-0.39, 0.29) is 53.8 Å². The standard InChI is InChI=1S/C45H70N7O18P3S/c1-4-5-6-7-8-9-10-11-12-13-14-15-16-17-18-19-20-21-22-23-33(53)28-36(55)74-27-26-47-35(54)24-25-48-43(58)40(57)45(2,3)30-67-73(64,65)70-72(62,63)66-29-34-39(69-71(59,60)61)38(56)44(68-34)52-32-51-37-41(46)49-31-50-42(37)52/h5-6,8-9,11-12,14-15,17-18,20-21,31-34,38-40,44,53,56-57H,4,7,10,13,16,19,22-30H2,1-3H3,(H,47,54)(H,48,58)(H,62,63)(H,64,65)(H2,46,49,50)(H2,59,60,61)/b6-5-,9-8-,12-11-,15-14-,18-17-,21-20-/t33?,34-,38-,39-,40?,44-/m1/s1. The maximum atomic E-state index is 12.8. The second-order valence-electron chi connectivity index (χ2n) is 17.1. The van der Waals surface area contributed by atoms with E-state index in [1.54, 1.807) is 0 Å². The highest BCUT2D eigenvalue weighted by Gasteiger charge is 2.50. The van der Waals surface area contributed by atoms with E-state index in [0.29, 0.717) is 12.8 Å². The zero-order chi connectivity index (χ0) is 54.8. The number of hydrogen-bond donors (Lipinski definition) is 10. The van der Waals surface area contributed by atoms with Gasteiger partial charge in [0.2, 0.25) is 11.8 Å². The normalized spacial score (nSPS) is 20.4. The van der Waals surface area contributed by atoms with Crippen LogP contribution in [0.5, 0.6) is 0 Å². The van der Waals surface area contributed by atoms with Crippen LogP contribution in [0.2, 0.25) is 0 Å². The zero-order valence-corrected chi connectivity index (χ0v) is 44.9. The van der Waals surface area contributed by atoms with Gasteiger partial charge in [0, 0.05) is 37.1 Å². The lowest BCUT2D eigenvalue weighted by Gasteiger charge is -2.30. The van der Waals surface area contributed by atoms with E-state index >= 15 is 0 Å². The Morgan fingerprint density at radius 1 is 0.851 bits per heavy atom. The molecule has 8 atom stereocenters. The molecule has 0 bridgehead atoms. The number of aliphatic hydroxyl groups is 3. The van der Waals surface area contributed by atoms with Gasteiger partial charge < -0.3 is 56.0 Å². The van der Waals surface area contributed by atoms with E-state index in [1.165, 1.54) is 13.8 Å². The molecule has 1 saturated heterocycles. The lowest BCUT2D eigenvalue weighted by molar-refractivity contribution is -0.137. The van der Waals surface area contributed by atoms with Crippen LogP contribution in [0.1, 0.15) is 91.2 Å². The average molecular weight is 1120 g/mol. The minimum absolute atomic E-state index is 0.0242. The van der Waals surface area contributed by atoms with Crippen LogP contribution in [-0.2, 0) is 50.7 Å². The van der Waals surface area contributed by atoms with Gasteiger partial charge in [-0.1, -0.05) is 105 Å². The number of allylic oxidation sites excluding steroid dienone is 12. The molecule has 414 valence electrons. The molecule has 4 unspecified atom stereocenters. The third-order valence-corrected chi connectivity index (χ3v) is 14.4. The van der Waals surface area contributed by atoms with Crippen LogP contribution < -0.4 is 16.4 Å². The third kappa shape index (κ3) is 24.7. The first kappa shape index (κ1) is 64.2. The summed E-state index contributed by atoms with van der Waals surface area (Å²) < 4.78 is 62.5. The fourth-order valence-electron chi connectivity index (χ4n) is 6.58. The van der Waals surface area contributed by atoms with Crippen LogP contribution in [-0.4, -0.2) is 134 Å². The Kier molecular flexibility index (Phi) is 28.2. The molecular formula is C45H70N7O18P3S. The van der Waals surface area contributed by atoms with Crippen LogP contribution in [0.4, 0.5) is 5.82 Å². The van der Waals surface area contributed by atoms with Gasteiger partial charge >= 0.3 is 23.5 Å². The predicted octanol–water partition coefficient (Wildman–Crippen LogP) is 4.89. The summed E-state index contributed by atoms with van der Waals surface area (Å²) in [6.45, 7) is 2.45. The Morgan fingerprint density at radius 2 is 1.43 bits per heavy atom. The van der Waals surface area contributed by atoms with Gasteiger partial charge in [0.05, 0.1) is 25.6 Å². The Labute approximate surface area is 433 Å². The molecule has 0 aromatic carbocycles. The van der Waals surface area contributed by atoms with Gasteiger partial charge in [0.25, 0.3) is 0 Å². The van der Waals surface area contributed by atoms with Gasteiger partial charge in [0.1, 0.15) is 36.3 Å². The molecule has 74 heavy (non-hydrogen) atoms. The lowest BCUT2D eigenvalue weighted by atomic mass is 9.87. The third-order valence-electron chi connectivity index (χ3n) is 10.4. The Hall–Kier alpha value is -4.04. The van der Waals surface area contributed by atoms with Gasteiger partial charge in [-0.25, -0.2) is 28.6 Å². The second kappa shape index (κ2) is 32.5. The van der Waals surface area contributed by atoms with E-state index in [2.05, 4.69) is 102 Å². The highest BCUT2D eigenvalue weighted by atomic mass is 32.2. The summed E-state index contributed by atoms with van der Waals surface area (Å²) in [7, 11) is -16.5. The van der Waals surface area contributed by atoms with Crippen molar-refractivity contribution >= 4 is 69.1 Å². The highest BCUT2D eigenvalue weighted by molar-refractivity contribution is 8.13. The quantitative estimate of drug-likeness (QED) is 0.0249. The number of fused-ring (bicyclic) bond motifs is 1. The van der Waals surface area contributed by atoms with Crippen molar-refractivity contribution in [1.82, 2.24) is 30.2 Å². The summed E-state index contributed by atoms with van der Waals surface area (Å²) in [5.41, 5.74) is 4.24. The number of amides is 2. The fraction of sp³-hybridized carbons (Fsp3) is 0.556. The molecule has 25 nitrogen and oxygen atoms in total. The van der Waals surface area contributed by atoms with Crippen LogP contribution in [0, 0.1) is 5.41 Å². The number of ether oxygens (including phenoxy) is 1. The van der Waals surface area contributed by atoms with E-state index in [9.17, 15) is 63.0 Å². The number of carbonyl (C=O) groups is 3. The smallest absolute Gasteiger partial charge is 0.393 e. The van der Waals surface area contributed by atoms with Crippen molar-refractivity contribution in [2.24, 2.45) is 5.41 Å². The summed E-state index contributed by atoms with van der Waals surface area (Å²) in [5.74, 6) is -1.28. The number of nitrogens with zero attached hydrogens (tertiary/aromatic N) is 4. The van der Waals surface area contributed by atoms with Gasteiger partial charge in [-0.2, -0.15) is 4.31 Å². The summed E-state index contributed by atoms with van der Waals surface area (Å²) >= 11 is 0.964. The Balaban J connectivity index is 1.28. The van der Waals surface area contributed by atoms with Crippen molar-refractivity contribution in [3.63, 3.8) is 0 Å². The largest absolute Gasteiger partial charge is 0.481 e. The topological polar surface area (TPSA) is 384 Å². The molecule has 1 fully saturated rings. The van der Waals surface area contributed by atoms with Crippen LogP contribution in [0.3, 0.4) is 0 Å². The van der Waals surface area contributed by atoms with Gasteiger partial charge in [-0.3, -0.25) is 32.5 Å². The number of phosphoric acid groups is 3. The minimum Gasteiger partial charge on any atom is -0.393 e. The molecule has 2 aromatic rings. The number of rotatable bonds is 35. The number of thioether (sulfide) groups is 1. The lowest BCUT2D eigenvalue weighted by Crippen LogP contribution is -2.46. The molecule has 3 rings (SSSR count). The van der Waals surface area contributed by atoms with Crippen molar-refractivity contribution in [3.8, 4) is 0 Å². The van der Waals surface area contributed by atoms with E-state index < -0.39 is 90.7 Å². The molecule has 0 saturated carbocycles. The van der Waals surface area contributed by atoms with Crippen LogP contribution in [0.25, 0.3) is 11.2 Å². The molecule has 1 aliphatic rings. The summed E-state index contributed by atoms with van der Waals surface area (Å²) in [6.07, 6.45) is 24.0. The van der Waals surface area contributed by atoms with Gasteiger partial charge in [-0.05, 0) is 51.4 Å². The van der Waals surface area contributed by atoms with Crippen molar-refractivity contribution in [2.45, 2.75) is 122 Å². The molecule has 1 aliphatic heterocycles. The van der Waals surface area contributed by atoms with E-state index in [1.807, 2.05) is 12.2 Å². The maximum Gasteiger partial charge on any atom is 0.481 e. The number of nitrogens with one attached hydrogen (secondary N) is 2. The number of phosphoric ester groups is 3. The second-order valence-corrected chi connectivity index (χ2v) is 22.5. The predicted molar refractivity (Wildman–Crippen MR) is 275 cm³/mol. The SMILES string of the molecule is CC/C=C\C/C=C\C/C=C\C/C=C\C/C=C\C/C=C\CCC(O)CC(=O)SCCNC(=O)CCNC(=O)C(O)C(C)(C)COP(=O)(O)OP(=O)(O)OC[C@H]1O[C@@H](n2cnc3c(N)ncnc32)[C@H](O)[C@@H]1OP(=O)(O)O. The van der Waals surface area contributed by atoms with Crippen molar-refractivity contribution in [3.05, 3.63) is 85.6 Å². The first-order valence-electron chi connectivity index (χ1n) is 23.6. The number of anilines is 1. The Morgan fingerprint density at radius 3 is 2.03 bits per heavy atom. The van der Waals surface area contributed by atoms with Crippen molar-refractivity contribution in [2.75, 3.05) is 37.8 Å². The number of nitrogen functional groups attached to an aromatic ring is 1. The first-order chi connectivity index (χ1) is 34.9. The molecule has 0 radical (unpaired) electrons. The molecule has 0 spiro atoms. The van der Waals surface area contributed by atoms with Crippen molar-refractivity contribution in [1.29, 1.82) is 0 Å². The van der Waals surface area contributed by atoms with Gasteiger partial charge in [-0.15, -0.1) is 0 Å². The molecule has 2 amide bonds. The number of nitrogens with two attached hydrogens (primary N) is 1. The maximum absolute atomic E-state index is 12.8. The highest BCUT2D eigenvalue weighted by Crippen LogP contribution is 2.61. The summed E-state index contributed by atoms with van der Waals surface area (Å²) in [6, 6.07) is 0. The molecular weight excluding hydrogens is 1050 g/mol. The van der Waals surface area contributed by atoms with Crippen molar-refractivity contribution < 1.29 is 85.6 Å². The number of imidazole rings is 1. The van der Waals surface area contributed by atoms with E-state index in [4.69, 9.17) is 19.5 Å². The minimum atomic E-state index is -5.60. The van der Waals surface area contributed by atoms with Crippen LogP contribution >= 0.6 is 35.2 Å². The van der Waals surface area contributed by atoms with Crippen LogP contribution in [0.15, 0.2) is 85.6 Å². The monoisotopic (exact) mass is 1120 g/mol. The molecule has 11 N–H and O–H groups in total. The number of aromatic nitrogens is 4. The number of carbonyl (C=O) groups excluding carboxylic acids is 3. The van der Waals surface area contributed by atoms with E-state index in [0.717, 1.165) is 67.5 Å². The fourth-order valence-corrected chi connectivity index (χ4v) is 10.1. The molecule has 29 heteroatoms. The Bertz CT molecular complexity index is 2430. The number of hydrogen-bond acceptors (Lipinski definition) is 19. The first-order valence-corrected chi connectivity index (χ1v) is 29.1. The molecule has 0 aliphatic carbocycles. The van der Waals surface area contributed by atoms with Gasteiger partial charge in [0.15, 0.2) is 22.8 Å².